The van der Waals surface area contributed by atoms with Crippen LogP contribution in [0.3, 0.4) is 0 Å². The first-order chi connectivity index (χ1) is 7.79. The van der Waals surface area contributed by atoms with Crippen LogP contribution in [-0.4, -0.2) is 18.4 Å². The van der Waals surface area contributed by atoms with Crippen molar-refractivity contribution in [1.29, 1.82) is 0 Å². The van der Waals surface area contributed by atoms with E-state index in [0.717, 1.165) is 18.2 Å². The number of rotatable bonds is 3. The van der Waals surface area contributed by atoms with Gasteiger partial charge in [0.25, 0.3) is 0 Å². The van der Waals surface area contributed by atoms with Crippen molar-refractivity contribution in [2.24, 2.45) is 17.1 Å². The van der Waals surface area contributed by atoms with E-state index in [-0.39, 0.29) is 11.9 Å². The van der Waals surface area contributed by atoms with Crippen molar-refractivity contribution < 1.29 is 22.8 Å². The number of aldehydes is 1. The molecule has 1 amide bonds. The number of carbonyl (C=O) groups is 2. The van der Waals surface area contributed by atoms with E-state index in [1.807, 2.05) is 0 Å². The van der Waals surface area contributed by atoms with Crippen molar-refractivity contribution in [2.45, 2.75) is 6.18 Å². The van der Waals surface area contributed by atoms with Gasteiger partial charge in [-0.05, 0) is 5.57 Å². The molecule has 0 saturated carbocycles. The molecule has 0 spiro atoms. The highest BCUT2D eigenvalue weighted by Gasteiger charge is 2.57. The van der Waals surface area contributed by atoms with E-state index in [9.17, 15) is 22.8 Å². The number of hydrogen-bond acceptors (Lipinski definition) is 2. The monoisotopic (exact) mass is 245 g/mol. The van der Waals surface area contributed by atoms with Crippen LogP contribution < -0.4 is 5.73 Å². The molecular formula is C11H10F3NO2. The molecule has 0 aromatic rings. The summed E-state index contributed by atoms with van der Waals surface area (Å²) in [7, 11) is 0. The fraction of sp³-hybridized carbons (Fsp3) is 0.273. The number of primary amides is 1. The van der Waals surface area contributed by atoms with E-state index < -0.39 is 23.4 Å². The Hall–Kier alpha value is -1.85. The lowest BCUT2D eigenvalue weighted by Gasteiger charge is -2.35. The molecule has 0 aliphatic heterocycles. The SMILES string of the molecule is C=CC1=CC=CC(C=O)(C(N)=O)C1C(F)(F)F. The van der Waals surface area contributed by atoms with Crippen LogP contribution in [-0.2, 0) is 9.59 Å². The number of nitrogens with two attached hydrogens (primary N) is 1. The lowest BCUT2D eigenvalue weighted by atomic mass is 9.69. The highest BCUT2D eigenvalue weighted by Crippen LogP contribution is 2.46. The van der Waals surface area contributed by atoms with Gasteiger partial charge in [0.2, 0.25) is 5.91 Å². The summed E-state index contributed by atoms with van der Waals surface area (Å²) in [5, 5.41) is 0. The Kier molecular flexibility index (Phi) is 3.26. The highest BCUT2D eigenvalue weighted by atomic mass is 19.4. The number of halogens is 3. The molecular weight excluding hydrogens is 235 g/mol. The van der Waals surface area contributed by atoms with Crippen LogP contribution in [0.5, 0.6) is 0 Å². The van der Waals surface area contributed by atoms with Crippen LogP contribution in [0, 0.1) is 11.3 Å². The quantitative estimate of drug-likeness (QED) is 0.605. The van der Waals surface area contributed by atoms with Crippen LogP contribution in [0.4, 0.5) is 13.2 Å². The Balaban J connectivity index is 3.45. The molecule has 1 aliphatic carbocycles. The predicted octanol–water partition coefficient (Wildman–Crippen LogP) is 1.52. The maximum absolute atomic E-state index is 12.9. The normalized spacial score (nSPS) is 28.4. The van der Waals surface area contributed by atoms with E-state index in [4.69, 9.17) is 5.73 Å². The smallest absolute Gasteiger partial charge is 0.369 e. The van der Waals surface area contributed by atoms with E-state index in [2.05, 4.69) is 6.58 Å². The van der Waals surface area contributed by atoms with Crippen molar-refractivity contribution in [3.8, 4) is 0 Å². The van der Waals surface area contributed by atoms with Crippen molar-refractivity contribution >= 4 is 12.2 Å². The molecule has 17 heavy (non-hydrogen) atoms. The summed E-state index contributed by atoms with van der Waals surface area (Å²) in [5.41, 5.74) is 2.28. The topological polar surface area (TPSA) is 60.2 Å². The molecule has 0 heterocycles. The number of hydrogen-bond donors (Lipinski definition) is 1. The van der Waals surface area contributed by atoms with Crippen molar-refractivity contribution in [3.05, 3.63) is 36.5 Å². The van der Waals surface area contributed by atoms with Gasteiger partial charge in [0.05, 0.1) is 0 Å². The molecule has 0 bridgehead atoms. The molecule has 6 heteroatoms. The zero-order chi connectivity index (χ0) is 13.3. The van der Waals surface area contributed by atoms with Crippen molar-refractivity contribution in [3.63, 3.8) is 0 Å². The van der Waals surface area contributed by atoms with Gasteiger partial charge in [0.15, 0.2) is 0 Å². The molecule has 2 unspecified atom stereocenters. The largest absolute Gasteiger partial charge is 0.397 e. The van der Waals surface area contributed by atoms with Gasteiger partial charge in [0, 0.05) is 0 Å². The van der Waals surface area contributed by atoms with Gasteiger partial charge in [-0.1, -0.05) is 30.9 Å². The molecule has 92 valence electrons. The second-order valence-corrected chi connectivity index (χ2v) is 3.62. The highest BCUT2D eigenvalue weighted by molar-refractivity contribution is 5.99. The van der Waals surface area contributed by atoms with Crippen molar-refractivity contribution in [2.75, 3.05) is 0 Å². The maximum atomic E-state index is 12.9. The molecule has 0 aromatic heterocycles. The van der Waals surface area contributed by atoms with E-state index in [1.54, 1.807) is 0 Å². The minimum Gasteiger partial charge on any atom is -0.369 e. The van der Waals surface area contributed by atoms with Crippen molar-refractivity contribution in [1.82, 2.24) is 0 Å². The number of allylic oxidation sites excluding steroid dienone is 4. The average molecular weight is 245 g/mol. The lowest BCUT2D eigenvalue weighted by molar-refractivity contribution is -0.189. The third-order valence-corrected chi connectivity index (χ3v) is 2.66. The van der Waals surface area contributed by atoms with Gasteiger partial charge in [-0.2, -0.15) is 13.2 Å². The average Bonchev–Trinajstić information content (AvgIpc) is 2.26. The zero-order valence-corrected chi connectivity index (χ0v) is 8.70. The first-order valence-corrected chi connectivity index (χ1v) is 4.64. The molecule has 1 aliphatic rings. The summed E-state index contributed by atoms with van der Waals surface area (Å²) < 4.78 is 38.8. The van der Waals surface area contributed by atoms with Crippen LogP contribution in [0.25, 0.3) is 0 Å². The Morgan fingerprint density at radius 1 is 1.53 bits per heavy atom. The molecule has 0 saturated heterocycles. The Labute approximate surface area is 95.5 Å². The summed E-state index contributed by atoms with van der Waals surface area (Å²) >= 11 is 0. The number of carbonyl (C=O) groups excluding carboxylic acids is 2. The first-order valence-electron chi connectivity index (χ1n) is 4.64. The zero-order valence-electron chi connectivity index (χ0n) is 8.70. The molecule has 0 aromatic carbocycles. The Morgan fingerprint density at radius 2 is 2.12 bits per heavy atom. The Morgan fingerprint density at radius 3 is 2.47 bits per heavy atom. The number of alkyl halides is 3. The molecule has 2 atom stereocenters. The van der Waals surface area contributed by atoms with Crippen LogP contribution in [0.1, 0.15) is 0 Å². The first kappa shape index (κ1) is 13.2. The minimum absolute atomic E-state index is 0.0690. The summed E-state index contributed by atoms with van der Waals surface area (Å²) in [6.45, 7) is 3.24. The maximum Gasteiger partial charge on any atom is 0.397 e. The fourth-order valence-electron chi connectivity index (χ4n) is 1.82. The molecule has 2 N–H and O–H groups in total. The molecule has 0 fully saturated rings. The van der Waals surface area contributed by atoms with E-state index in [0.29, 0.717) is 0 Å². The molecule has 3 nitrogen and oxygen atoms in total. The summed E-state index contributed by atoms with van der Waals surface area (Å²) in [4.78, 5) is 22.1. The third kappa shape index (κ3) is 2.02. The standard InChI is InChI=1S/C11H10F3NO2/c1-2-7-4-3-5-10(6-16,9(15)17)8(7)11(12,13)14/h2-6,8H,1H2,(H2,15,17). The van der Waals surface area contributed by atoms with Crippen LogP contribution in [0.15, 0.2) is 36.5 Å². The van der Waals surface area contributed by atoms with Gasteiger partial charge >= 0.3 is 6.18 Å². The third-order valence-electron chi connectivity index (χ3n) is 2.66. The Bertz CT molecular complexity index is 423. The summed E-state index contributed by atoms with van der Waals surface area (Å²) in [6, 6.07) is 0. The fourth-order valence-corrected chi connectivity index (χ4v) is 1.82. The van der Waals surface area contributed by atoms with Gasteiger partial charge in [-0.15, -0.1) is 0 Å². The summed E-state index contributed by atoms with van der Waals surface area (Å²) in [5.74, 6) is -3.62. The number of amides is 1. The second-order valence-electron chi connectivity index (χ2n) is 3.62. The minimum atomic E-state index is -4.76. The van der Waals surface area contributed by atoms with Crippen LogP contribution in [0.2, 0.25) is 0 Å². The second kappa shape index (κ2) is 4.20. The van der Waals surface area contributed by atoms with E-state index >= 15 is 0 Å². The molecule has 1 rings (SSSR count). The predicted molar refractivity (Wildman–Crippen MR) is 54.7 cm³/mol. The van der Waals surface area contributed by atoms with Gasteiger partial charge in [0.1, 0.15) is 17.6 Å². The van der Waals surface area contributed by atoms with Gasteiger partial charge in [-0.3, -0.25) is 4.79 Å². The lowest BCUT2D eigenvalue weighted by Crippen LogP contribution is -2.50. The summed E-state index contributed by atoms with van der Waals surface area (Å²) in [6.07, 6.45) is -0.661. The van der Waals surface area contributed by atoms with Gasteiger partial charge < -0.3 is 10.5 Å². The van der Waals surface area contributed by atoms with E-state index in [1.165, 1.54) is 6.08 Å². The molecule has 0 radical (unpaired) electrons. The van der Waals surface area contributed by atoms with Crippen LogP contribution >= 0.6 is 0 Å². The van der Waals surface area contributed by atoms with Gasteiger partial charge in [-0.25, -0.2) is 0 Å².